The zero-order valence-corrected chi connectivity index (χ0v) is 12.4. The molecule has 0 aliphatic heterocycles. The van der Waals surface area contributed by atoms with Crippen LogP contribution in [0.4, 0.5) is 0 Å². The van der Waals surface area contributed by atoms with Gasteiger partial charge in [0, 0.05) is 35.5 Å². The van der Waals surface area contributed by atoms with E-state index < -0.39 is 20.8 Å². The highest BCUT2D eigenvalue weighted by Crippen LogP contribution is 2.21. The number of nitrogens with one attached hydrogen (secondary N) is 1. The van der Waals surface area contributed by atoms with Crippen LogP contribution < -0.4 is 4.72 Å². The molecule has 2 heterocycles. The summed E-state index contributed by atoms with van der Waals surface area (Å²) in [4.78, 5) is 3.97. The summed E-state index contributed by atoms with van der Waals surface area (Å²) in [6.45, 7) is 0.0852. The molecule has 0 aromatic carbocycles. The van der Waals surface area contributed by atoms with Crippen LogP contribution >= 0.6 is 11.6 Å². The SMILES string of the molecule is CS(=O)CCNS(=O)(=O)c1c(Cl)nc2ccccn12. The number of imidazole rings is 1. The van der Waals surface area contributed by atoms with E-state index in [0.717, 1.165) is 0 Å². The maximum atomic E-state index is 12.2. The van der Waals surface area contributed by atoms with Crippen LogP contribution in [-0.4, -0.2) is 40.6 Å². The minimum absolute atomic E-state index is 0.0852. The second kappa shape index (κ2) is 5.58. The van der Waals surface area contributed by atoms with Crippen LogP contribution in [0.15, 0.2) is 29.4 Å². The first kappa shape index (κ1) is 14.4. The molecule has 2 rings (SSSR count). The topological polar surface area (TPSA) is 80.5 Å². The smallest absolute Gasteiger partial charge is 0.259 e. The number of fused-ring (bicyclic) bond motifs is 1. The Kier molecular flexibility index (Phi) is 4.24. The highest BCUT2D eigenvalue weighted by Gasteiger charge is 2.23. The van der Waals surface area contributed by atoms with E-state index in [0.29, 0.717) is 5.65 Å². The van der Waals surface area contributed by atoms with E-state index in [4.69, 9.17) is 11.6 Å². The quantitative estimate of drug-likeness (QED) is 0.876. The molecule has 1 unspecified atom stereocenters. The molecule has 0 aliphatic rings. The molecule has 9 heteroatoms. The van der Waals surface area contributed by atoms with Gasteiger partial charge < -0.3 is 0 Å². The lowest BCUT2D eigenvalue weighted by Gasteiger charge is -2.05. The van der Waals surface area contributed by atoms with Crippen molar-refractivity contribution in [2.75, 3.05) is 18.6 Å². The zero-order chi connectivity index (χ0) is 14.0. The normalized spacial score (nSPS) is 13.8. The molecule has 0 amide bonds. The molecule has 0 saturated carbocycles. The average molecular weight is 322 g/mol. The van der Waals surface area contributed by atoms with Crippen molar-refractivity contribution >= 4 is 38.1 Å². The molecule has 1 atom stereocenters. The fraction of sp³-hybridized carbons (Fsp3) is 0.300. The van der Waals surface area contributed by atoms with Gasteiger partial charge in [0.1, 0.15) is 5.65 Å². The molecule has 2 aromatic heterocycles. The molecule has 0 bridgehead atoms. The fourth-order valence-electron chi connectivity index (χ4n) is 1.57. The van der Waals surface area contributed by atoms with Crippen LogP contribution in [0.5, 0.6) is 0 Å². The number of rotatable bonds is 5. The predicted octanol–water partition coefficient (Wildman–Crippen LogP) is 0.644. The van der Waals surface area contributed by atoms with Gasteiger partial charge >= 0.3 is 0 Å². The van der Waals surface area contributed by atoms with Gasteiger partial charge in [0.25, 0.3) is 10.0 Å². The van der Waals surface area contributed by atoms with Gasteiger partial charge in [-0.15, -0.1) is 0 Å². The lowest BCUT2D eigenvalue weighted by Crippen LogP contribution is -2.28. The monoisotopic (exact) mass is 321 g/mol. The number of hydrogen-bond donors (Lipinski definition) is 1. The second-order valence-corrected chi connectivity index (χ2v) is 7.41. The van der Waals surface area contributed by atoms with Crippen LogP contribution in [0.3, 0.4) is 0 Å². The molecule has 0 spiro atoms. The molecule has 6 nitrogen and oxygen atoms in total. The zero-order valence-electron chi connectivity index (χ0n) is 10.0. The Hall–Kier alpha value is -0.960. The van der Waals surface area contributed by atoms with Gasteiger partial charge in [-0.1, -0.05) is 17.7 Å². The summed E-state index contributed by atoms with van der Waals surface area (Å²) in [5.41, 5.74) is 0.451. The van der Waals surface area contributed by atoms with E-state index in [1.165, 1.54) is 10.7 Å². The van der Waals surface area contributed by atoms with Crippen molar-refractivity contribution in [3.63, 3.8) is 0 Å². The summed E-state index contributed by atoms with van der Waals surface area (Å²) < 4.78 is 39.0. The fourth-order valence-corrected chi connectivity index (χ4v) is 3.76. The molecule has 2 aromatic rings. The molecule has 0 radical (unpaired) electrons. The maximum Gasteiger partial charge on any atom is 0.259 e. The minimum Gasteiger partial charge on any atom is -0.288 e. The van der Waals surface area contributed by atoms with E-state index in [1.807, 2.05) is 0 Å². The molecule has 104 valence electrons. The molecular formula is C10H12ClN3O3S2. The van der Waals surface area contributed by atoms with Gasteiger partial charge in [-0.2, -0.15) is 0 Å². The van der Waals surface area contributed by atoms with Crippen molar-refractivity contribution in [2.24, 2.45) is 0 Å². The van der Waals surface area contributed by atoms with Crippen LogP contribution in [0.1, 0.15) is 0 Å². The van der Waals surface area contributed by atoms with Gasteiger partial charge in [-0.05, 0) is 12.1 Å². The van der Waals surface area contributed by atoms with Crippen molar-refractivity contribution in [1.82, 2.24) is 14.1 Å². The van der Waals surface area contributed by atoms with E-state index in [1.54, 1.807) is 24.4 Å². The highest BCUT2D eigenvalue weighted by molar-refractivity contribution is 7.89. The first-order valence-electron chi connectivity index (χ1n) is 5.34. The van der Waals surface area contributed by atoms with Crippen molar-refractivity contribution in [3.8, 4) is 0 Å². The third kappa shape index (κ3) is 3.14. The van der Waals surface area contributed by atoms with E-state index >= 15 is 0 Å². The van der Waals surface area contributed by atoms with E-state index in [9.17, 15) is 12.6 Å². The molecule has 1 N–H and O–H groups in total. The molecule has 19 heavy (non-hydrogen) atoms. The summed E-state index contributed by atoms with van der Waals surface area (Å²) >= 11 is 5.88. The minimum atomic E-state index is -3.79. The van der Waals surface area contributed by atoms with Gasteiger partial charge in [-0.3, -0.25) is 8.61 Å². The van der Waals surface area contributed by atoms with E-state index in [2.05, 4.69) is 9.71 Å². The summed E-state index contributed by atoms with van der Waals surface area (Å²) in [6, 6.07) is 5.08. The van der Waals surface area contributed by atoms with Crippen LogP contribution in [0.25, 0.3) is 5.65 Å². The molecule has 0 aliphatic carbocycles. The van der Waals surface area contributed by atoms with Gasteiger partial charge in [0.05, 0.1) is 0 Å². The highest BCUT2D eigenvalue weighted by atomic mass is 35.5. The lowest BCUT2D eigenvalue weighted by atomic mass is 10.5. The van der Waals surface area contributed by atoms with Crippen LogP contribution in [0.2, 0.25) is 5.15 Å². The Morgan fingerprint density at radius 3 is 2.89 bits per heavy atom. The maximum absolute atomic E-state index is 12.2. The largest absolute Gasteiger partial charge is 0.288 e. The standard InChI is InChI=1S/C10H12ClN3O3S2/c1-18(15)7-5-12-19(16,17)10-9(11)13-8-4-2-3-6-14(8)10/h2-4,6,12H,5,7H2,1H3. The predicted molar refractivity (Wildman–Crippen MR) is 74.3 cm³/mol. The van der Waals surface area contributed by atoms with Crippen molar-refractivity contribution in [1.29, 1.82) is 0 Å². The van der Waals surface area contributed by atoms with Crippen molar-refractivity contribution in [3.05, 3.63) is 29.5 Å². The van der Waals surface area contributed by atoms with Crippen LogP contribution in [-0.2, 0) is 20.8 Å². The van der Waals surface area contributed by atoms with Gasteiger partial charge in [0.15, 0.2) is 10.2 Å². The Morgan fingerprint density at radius 1 is 1.47 bits per heavy atom. The number of sulfonamides is 1. The Balaban J connectivity index is 2.37. The molecular weight excluding hydrogens is 310 g/mol. The number of pyridine rings is 1. The Labute approximate surface area is 118 Å². The first-order chi connectivity index (χ1) is 8.92. The Bertz CT molecular complexity index is 727. The number of aromatic nitrogens is 2. The second-order valence-electron chi connectivity index (χ2n) is 3.81. The third-order valence-corrected chi connectivity index (χ3v) is 5.02. The van der Waals surface area contributed by atoms with E-state index in [-0.39, 0.29) is 22.5 Å². The Morgan fingerprint density at radius 2 is 2.21 bits per heavy atom. The van der Waals surface area contributed by atoms with Crippen molar-refractivity contribution in [2.45, 2.75) is 5.03 Å². The van der Waals surface area contributed by atoms with Gasteiger partial charge in [-0.25, -0.2) is 18.1 Å². The summed E-state index contributed by atoms with van der Waals surface area (Å²) in [5.74, 6) is 0.244. The average Bonchev–Trinajstić information content (AvgIpc) is 2.64. The van der Waals surface area contributed by atoms with Gasteiger partial charge in [0.2, 0.25) is 0 Å². The lowest BCUT2D eigenvalue weighted by molar-refractivity contribution is 0.579. The first-order valence-corrected chi connectivity index (χ1v) is 8.93. The number of hydrogen-bond acceptors (Lipinski definition) is 4. The number of nitrogens with zero attached hydrogens (tertiary/aromatic N) is 2. The molecule has 0 fully saturated rings. The van der Waals surface area contributed by atoms with Crippen LogP contribution in [0, 0.1) is 0 Å². The summed E-state index contributed by atoms with van der Waals surface area (Å²) in [7, 11) is -4.85. The summed E-state index contributed by atoms with van der Waals surface area (Å²) in [6.07, 6.45) is 3.08. The third-order valence-electron chi connectivity index (χ3n) is 2.38. The van der Waals surface area contributed by atoms with Crippen molar-refractivity contribution < 1.29 is 12.6 Å². The summed E-state index contributed by atoms with van der Waals surface area (Å²) in [5, 5.41) is -0.192. The number of halogens is 1. The molecule has 0 saturated heterocycles.